The maximum absolute atomic E-state index is 14.0. The summed E-state index contributed by atoms with van der Waals surface area (Å²) in [7, 11) is 0. The van der Waals surface area contributed by atoms with Crippen LogP contribution in [0.4, 0.5) is 4.39 Å². The van der Waals surface area contributed by atoms with Crippen LogP contribution >= 0.6 is 0 Å². The lowest BCUT2D eigenvalue weighted by Gasteiger charge is -2.34. The highest BCUT2D eigenvalue weighted by atomic mass is 19.1. The number of aromatic nitrogens is 2. The molecule has 6 nitrogen and oxygen atoms in total. The van der Waals surface area contributed by atoms with Crippen LogP contribution < -0.4 is 5.56 Å². The SMILES string of the molecule is O=C(Cn1nc(-c2ccccc2F)ccc1=O)N1CCN(Cc2ccccc2)CC1. The fraction of sp³-hybridized carbons (Fsp3) is 0.261. The van der Waals surface area contributed by atoms with Crippen molar-refractivity contribution in [1.29, 1.82) is 0 Å². The first-order valence-corrected chi connectivity index (χ1v) is 9.97. The van der Waals surface area contributed by atoms with Gasteiger partial charge in [-0.05, 0) is 23.8 Å². The van der Waals surface area contributed by atoms with Crippen molar-refractivity contribution in [1.82, 2.24) is 19.6 Å². The quantitative estimate of drug-likeness (QED) is 0.653. The molecule has 0 saturated carbocycles. The van der Waals surface area contributed by atoms with Crippen LogP contribution in [0.5, 0.6) is 0 Å². The van der Waals surface area contributed by atoms with Gasteiger partial charge in [-0.3, -0.25) is 14.5 Å². The Morgan fingerprint density at radius 1 is 0.900 bits per heavy atom. The van der Waals surface area contributed by atoms with Crippen molar-refractivity contribution in [3.8, 4) is 11.3 Å². The van der Waals surface area contributed by atoms with E-state index >= 15 is 0 Å². The molecule has 0 atom stereocenters. The molecule has 1 fully saturated rings. The summed E-state index contributed by atoms with van der Waals surface area (Å²) in [6.45, 7) is 3.46. The molecule has 7 heteroatoms. The summed E-state index contributed by atoms with van der Waals surface area (Å²) in [5.74, 6) is -0.578. The molecule has 1 aromatic heterocycles. The number of piperazine rings is 1. The van der Waals surface area contributed by atoms with Gasteiger partial charge in [-0.25, -0.2) is 9.07 Å². The van der Waals surface area contributed by atoms with Crippen molar-refractivity contribution in [2.45, 2.75) is 13.1 Å². The molecule has 0 aliphatic carbocycles. The Morgan fingerprint density at radius 2 is 1.60 bits per heavy atom. The van der Waals surface area contributed by atoms with Crippen molar-refractivity contribution >= 4 is 5.91 Å². The molecular weight excluding hydrogens is 383 g/mol. The van der Waals surface area contributed by atoms with Gasteiger partial charge >= 0.3 is 0 Å². The molecule has 3 aromatic rings. The topological polar surface area (TPSA) is 58.4 Å². The van der Waals surface area contributed by atoms with Crippen LogP contribution in [0.2, 0.25) is 0 Å². The molecule has 0 radical (unpaired) electrons. The van der Waals surface area contributed by atoms with Crippen LogP contribution in [0.3, 0.4) is 0 Å². The Morgan fingerprint density at radius 3 is 2.33 bits per heavy atom. The van der Waals surface area contributed by atoms with Crippen LogP contribution in [0.1, 0.15) is 5.56 Å². The van der Waals surface area contributed by atoms with E-state index < -0.39 is 5.82 Å². The summed E-state index contributed by atoms with van der Waals surface area (Å²) in [5, 5.41) is 4.22. The Kier molecular flexibility index (Phi) is 5.99. The number of hydrogen-bond donors (Lipinski definition) is 0. The van der Waals surface area contributed by atoms with Crippen LogP contribution in [0, 0.1) is 5.82 Å². The Bertz CT molecular complexity index is 1080. The van der Waals surface area contributed by atoms with E-state index in [9.17, 15) is 14.0 Å². The molecule has 1 amide bonds. The van der Waals surface area contributed by atoms with Gasteiger partial charge in [0, 0.05) is 44.4 Å². The summed E-state index contributed by atoms with van der Waals surface area (Å²) in [4.78, 5) is 29.0. The third-order valence-electron chi connectivity index (χ3n) is 5.28. The van der Waals surface area contributed by atoms with Gasteiger partial charge in [0.1, 0.15) is 12.4 Å². The largest absolute Gasteiger partial charge is 0.339 e. The van der Waals surface area contributed by atoms with E-state index in [2.05, 4.69) is 22.1 Å². The van der Waals surface area contributed by atoms with E-state index in [-0.39, 0.29) is 18.0 Å². The molecule has 1 aliphatic heterocycles. The van der Waals surface area contributed by atoms with Crippen LogP contribution in [0.25, 0.3) is 11.3 Å². The van der Waals surface area contributed by atoms with E-state index in [1.807, 2.05) is 18.2 Å². The Hall–Kier alpha value is -3.32. The zero-order valence-corrected chi connectivity index (χ0v) is 16.6. The van der Waals surface area contributed by atoms with Gasteiger partial charge in [-0.2, -0.15) is 5.10 Å². The lowest BCUT2D eigenvalue weighted by atomic mass is 10.1. The molecule has 1 saturated heterocycles. The average Bonchev–Trinajstić information content (AvgIpc) is 2.77. The second kappa shape index (κ2) is 9.00. The number of carbonyl (C=O) groups is 1. The maximum Gasteiger partial charge on any atom is 0.267 e. The van der Waals surface area contributed by atoms with Crippen LogP contribution in [-0.2, 0) is 17.9 Å². The van der Waals surface area contributed by atoms with Crippen LogP contribution in [0.15, 0.2) is 71.5 Å². The molecule has 4 rings (SSSR count). The number of halogens is 1. The summed E-state index contributed by atoms with van der Waals surface area (Å²) in [5.41, 5.74) is 1.49. The van der Waals surface area contributed by atoms with Gasteiger partial charge in [-0.15, -0.1) is 0 Å². The number of carbonyl (C=O) groups excluding carboxylic acids is 1. The second-order valence-electron chi connectivity index (χ2n) is 7.34. The third-order valence-corrected chi connectivity index (χ3v) is 5.28. The first-order valence-electron chi connectivity index (χ1n) is 9.97. The zero-order valence-electron chi connectivity index (χ0n) is 16.6. The smallest absolute Gasteiger partial charge is 0.267 e. The third kappa shape index (κ3) is 4.63. The summed E-state index contributed by atoms with van der Waals surface area (Å²) in [6, 6.07) is 19.3. The van der Waals surface area contributed by atoms with E-state index in [0.717, 1.165) is 24.3 Å². The highest BCUT2D eigenvalue weighted by Crippen LogP contribution is 2.19. The standard InChI is InChI=1S/C23H23FN4O2/c24-20-9-5-4-8-19(20)21-10-11-22(29)28(25-21)17-23(30)27-14-12-26(13-15-27)16-18-6-2-1-3-7-18/h1-11H,12-17H2. The molecular formula is C23H23FN4O2. The van der Waals surface area contributed by atoms with Crippen LogP contribution in [-0.4, -0.2) is 51.7 Å². The monoisotopic (exact) mass is 406 g/mol. The summed E-state index contributed by atoms with van der Waals surface area (Å²) >= 11 is 0. The van der Waals surface area contributed by atoms with Crippen molar-refractivity contribution in [3.05, 3.63) is 88.5 Å². The van der Waals surface area contributed by atoms with Crippen molar-refractivity contribution in [2.75, 3.05) is 26.2 Å². The van der Waals surface area contributed by atoms with Gasteiger partial charge in [0.05, 0.1) is 5.69 Å². The highest BCUT2D eigenvalue weighted by Gasteiger charge is 2.22. The van der Waals surface area contributed by atoms with E-state index in [1.54, 1.807) is 23.1 Å². The molecule has 0 N–H and O–H groups in total. The summed E-state index contributed by atoms with van der Waals surface area (Å²) in [6.07, 6.45) is 0. The van der Waals surface area contributed by atoms with Gasteiger partial charge in [0.15, 0.2) is 0 Å². The van der Waals surface area contributed by atoms with Gasteiger partial charge in [0.25, 0.3) is 5.56 Å². The minimum absolute atomic E-state index is 0.153. The molecule has 0 bridgehead atoms. The maximum atomic E-state index is 14.0. The number of nitrogens with zero attached hydrogens (tertiary/aromatic N) is 4. The Labute approximate surface area is 174 Å². The first-order chi connectivity index (χ1) is 14.6. The zero-order chi connectivity index (χ0) is 20.9. The number of rotatable bonds is 5. The molecule has 2 heterocycles. The average molecular weight is 406 g/mol. The van der Waals surface area contributed by atoms with E-state index in [0.29, 0.717) is 24.3 Å². The Balaban J connectivity index is 1.39. The second-order valence-corrected chi connectivity index (χ2v) is 7.34. The molecule has 1 aliphatic rings. The van der Waals surface area contributed by atoms with Crippen molar-refractivity contribution < 1.29 is 9.18 Å². The van der Waals surface area contributed by atoms with Crippen molar-refractivity contribution in [2.24, 2.45) is 0 Å². The van der Waals surface area contributed by atoms with Gasteiger partial charge in [-0.1, -0.05) is 42.5 Å². The number of hydrogen-bond acceptors (Lipinski definition) is 4. The normalized spacial score (nSPS) is 14.6. The first kappa shape index (κ1) is 20.0. The molecule has 154 valence electrons. The molecule has 2 aromatic carbocycles. The minimum atomic E-state index is -0.420. The van der Waals surface area contributed by atoms with Crippen molar-refractivity contribution in [3.63, 3.8) is 0 Å². The lowest BCUT2D eigenvalue weighted by Crippen LogP contribution is -2.49. The fourth-order valence-corrected chi connectivity index (χ4v) is 3.60. The van der Waals surface area contributed by atoms with E-state index in [4.69, 9.17) is 0 Å². The highest BCUT2D eigenvalue weighted by molar-refractivity contribution is 5.76. The fourth-order valence-electron chi connectivity index (χ4n) is 3.60. The molecule has 0 unspecified atom stereocenters. The van der Waals surface area contributed by atoms with Gasteiger partial charge in [0.2, 0.25) is 5.91 Å². The molecule has 0 spiro atoms. The minimum Gasteiger partial charge on any atom is -0.339 e. The predicted octanol–water partition coefficient (Wildman–Crippen LogP) is 2.39. The van der Waals surface area contributed by atoms with Gasteiger partial charge < -0.3 is 4.90 Å². The number of benzene rings is 2. The molecule has 30 heavy (non-hydrogen) atoms. The lowest BCUT2D eigenvalue weighted by molar-refractivity contribution is -0.133. The van der Waals surface area contributed by atoms with E-state index in [1.165, 1.54) is 23.8 Å². The number of amides is 1. The summed E-state index contributed by atoms with van der Waals surface area (Å²) < 4.78 is 15.2. The predicted molar refractivity (Wildman–Crippen MR) is 112 cm³/mol.